The van der Waals surface area contributed by atoms with Gasteiger partial charge in [-0.2, -0.15) is 0 Å². The number of ether oxygens (including phenoxy) is 1. The second-order valence-electron chi connectivity index (χ2n) is 4.45. The molecule has 0 unspecified atom stereocenters. The van der Waals surface area contributed by atoms with E-state index >= 15 is 0 Å². The zero-order chi connectivity index (χ0) is 12.7. The average molecular weight is 236 g/mol. The van der Waals surface area contributed by atoms with Crippen molar-refractivity contribution in [1.82, 2.24) is 5.32 Å². The Hall–Kier alpha value is -1.39. The van der Waals surface area contributed by atoms with Gasteiger partial charge < -0.3 is 15.8 Å². The summed E-state index contributed by atoms with van der Waals surface area (Å²) in [6.45, 7) is 5.24. The highest BCUT2D eigenvalue weighted by molar-refractivity contribution is 5.83. The minimum Gasteiger partial charge on any atom is -0.375 e. The number of primary amides is 1. The van der Waals surface area contributed by atoms with Crippen molar-refractivity contribution in [3.8, 4) is 0 Å². The lowest BCUT2D eigenvalue weighted by Crippen LogP contribution is -2.51. The predicted octanol–water partition coefficient (Wildman–Crippen LogP) is 1.06. The normalized spacial score (nSPS) is 11.4. The van der Waals surface area contributed by atoms with Crippen LogP contribution >= 0.6 is 0 Å². The maximum absolute atomic E-state index is 11.0. The van der Waals surface area contributed by atoms with Crippen LogP contribution in [-0.2, 0) is 16.1 Å². The highest BCUT2D eigenvalue weighted by Crippen LogP contribution is 2.01. The van der Waals surface area contributed by atoms with Gasteiger partial charge in [-0.3, -0.25) is 4.79 Å². The van der Waals surface area contributed by atoms with E-state index in [4.69, 9.17) is 10.5 Å². The van der Waals surface area contributed by atoms with Crippen LogP contribution in [0.5, 0.6) is 0 Å². The molecule has 1 amide bonds. The summed E-state index contributed by atoms with van der Waals surface area (Å²) in [5.74, 6) is -0.361. The van der Waals surface area contributed by atoms with Gasteiger partial charge in [0.2, 0.25) is 5.91 Å². The Morgan fingerprint density at radius 2 is 2.00 bits per heavy atom. The smallest absolute Gasteiger partial charge is 0.237 e. The van der Waals surface area contributed by atoms with Crippen LogP contribution < -0.4 is 11.1 Å². The predicted molar refractivity (Wildman–Crippen MR) is 67.4 cm³/mol. The van der Waals surface area contributed by atoms with E-state index in [9.17, 15) is 4.79 Å². The lowest BCUT2D eigenvalue weighted by Gasteiger charge is -2.22. The zero-order valence-electron chi connectivity index (χ0n) is 10.4. The molecule has 0 fully saturated rings. The van der Waals surface area contributed by atoms with E-state index in [0.717, 1.165) is 5.56 Å². The van der Waals surface area contributed by atoms with E-state index in [1.54, 1.807) is 13.8 Å². The summed E-state index contributed by atoms with van der Waals surface area (Å²) in [7, 11) is 0. The summed E-state index contributed by atoms with van der Waals surface area (Å²) in [6.07, 6.45) is 0. The first-order chi connectivity index (χ1) is 8.02. The number of carbonyl (C=O) groups excluding carboxylic acids is 1. The van der Waals surface area contributed by atoms with Crippen LogP contribution in [0.2, 0.25) is 0 Å². The van der Waals surface area contributed by atoms with Crippen LogP contribution in [-0.4, -0.2) is 24.6 Å². The van der Waals surface area contributed by atoms with Crippen molar-refractivity contribution in [2.24, 2.45) is 5.73 Å². The van der Waals surface area contributed by atoms with Crippen LogP contribution in [0.15, 0.2) is 30.3 Å². The molecule has 4 heteroatoms. The van der Waals surface area contributed by atoms with E-state index in [1.807, 2.05) is 30.3 Å². The lowest BCUT2D eigenvalue weighted by molar-refractivity contribution is -0.123. The van der Waals surface area contributed by atoms with Gasteiger partial charge in [0.15, 0.2) is 0 Å². The minimum absolute atomic E-state index is 0.361. The molecule has 0 atom stereocenters. The third-order valence-corrected chi connectivity index (χ3v) is 2.54. The molecule has 0 saturated carbocycles. The first kappa shape index (κ1) is 13.7. The van der Waals surface area contributed by atoms with Crippen LogP contribution in [0.1, 0.15) is 19.4 Å². The number of rotatable bonds is 7. The zero-order valence-corrected chi connectivity index (χ0v) is 10.4. The molecule has 17 heavy (non-hydrogen) atoms. The third-order valence-electron chi connectivity index (χ3n) is 2.54. The molecule has 0 spiro atoms. The monoisotopic (exact) mass is 236 g/mol. The SMILES string of the molecule is CC(C)(NCCOCc1ccccc1)C(N)=O. The van der Waals surface area contributed by atoms with Crippen molar-refractivity contribution in [2.75, 3.05) is 13.2 Å². The molecule has 4 nitrogen and oxygen atoms in total. The Labute approximate surface area is 102 Å². The van der Waals surface area contributed by atoms with Gasteiger partial charge in [-0.25, -0.2) is 0 Å². The molecule has 1 aromatic rings. The number of carbonyl (C=O) groups is 1. The standard InChI is InChI=1S/C13H20N2O2/c1-13(2,12(14)16)15-8-9-17-10-11-6-4-3-5-7-11/h3-7,15H,8-10H2,1-2H3,(H2,14,16). The molecule has 1 rings (SSSR count). The lowest BCUT2D eigenvalue weighted by atomic mass is 10.1. The van der Waals surface area contributed by atoms with Gasteiger partial charge >= 0.3 is 0 Å². The summed E-state index contributed by atoms with van der Waals surface area (Å²) < 4.78 is 5.48. The Morgan fingerprint density at radius 3 is 2.59 bits per heavy atom. The highest BCUT2D eigenvalue weighted by atomic mass is 16.5. The van der Waals surface area contributed by atoms with E-state index in [1.165, 1.54) is 0 Å². The molecule has 0 aliphatic rings. The number of hydrogen-bond donors (Lipinski definition) is 2. The number of benzene rings is 1. The molecule has 0 saturated heterocycles. The fourth-order valence-corrected chi connectivity index (χ4v) is 1.29. The Balaban J connectivity index is 2.15. The van der Waals surface area contributed by atoms with Crippen molar-refractivity contribution >= 4 is 5.91 Å². The first-order valence-corrected chi connectivity index (χ1v) is 5.69. The fraction of sp³-hybridized carbons (Fsp3) is 0.462. The maximum Gasteiger partial charge on any atom is 0.237 e. The molecule has 0 radical (unpaired) electrons. The number of amides is 1. The van der Waals surface area contributed by atoms with Gasteiger partial charge in [0.1, 0.15) is 0 Å². The first-order valence-electron chi connectivity index (χ1n) is 5.69. The summed E-state index contributed by atoms with van der Waals surface area (Å²) in [5.41, 5.74) is 5.69. The summed E-state index contributed by atoms with van der Waals surface area (Å²) >= 11 is 0. The van der Waals surface area contributed by atoms with E-state index in [0.29, 0.717) is 19.8 Å². The third kappa shape index (κ3) is 4.97. The average Bonchev–Trinajstić information content (AvgIpc) is 2.29. The van der Waals surface area contributed by atoms with Crippen molar-refractivity contribution in [3.63, 3.8) is 0 Å². The van der Waals surface area contributed by atoms with Crippen molar-refractivity contribution < 1.29 is 9.53 Å². The van der Waals surface area contributed by atoms with Gasteiger partial charge in [0, 0.05) is 6.54 Å². The number of nitrogens with two attached hydrogens (primary N) is 1. The van der Waals surface area contributed by atoms with Crippen molar-refractivity contribution in [1.29, 1.82) is 0 Å². The van der Waals surface area contributed by atoms with Gasteiger partial charge in [-0.15, -0.1) is 0 Å². The molecule has 0 heterocycles. The molecule has 0 aromatic heterocycles. The molecular weight excluding hydrogens is 216 g/mol. The Kier molecular flexibility index (Phi) is 5.12. The summed E-state index contributed by atoms with van der Waals surface area (Å²) in [6, 6.07) is 9.96. The van der Waals surface area contributed by atoms with E-state index < -0.39 is 5.54 Å². The minimum atomic E-state index is -0.684. The molecular formula is C13H20N2O2. The molecule has 1 aromatic carbocycles. The van der Waals surface area contributed by atoms with Crippen molar-refractivity contribution in [2.45, 2.75) is 26.0 Å². The Bertz CT molecular complexity index is 350. The fourth-order valence-electron chi connectivity index (χ4n) is 1.29. The highest BCUT2D eigenvalue weighted by Gasteiger charge is 2.23. The molecule has 94 valence electrons. The molecule has 0 aliphatic carbocycles. The van der Waals surface area contributed by atoms with E-state index in [2.05, 4.69) is 5.32 Å². The van der Waals surface area contributed by atoms with Gasteiger partial charge in [-0.05, 0) is 19.4 Å². The molecule has 0 bridgehead atoms. The van der Waals surface area contributed by atoms with Crippen molar-refractivity contribution in [3.05, 3.63) is 35.9 Å². The van der Waals surface area contributed by atoms with Gasteiger partial charge in [0.25, 0.3) is 0 Å². The van der Waals surface area contributed by atoms with Crippen LogP contribution in [0.3, 0.4) is 0 Å². The van der Waals surface area contributed by atoms with Crippen LogP contribution in [0, 0.1) is 0 Å². The van der Waals surface area contributed by atoms with Gasteiger partial charge in [-0.1, -0.05) is 30.3 Å². The van der Waals surface area contributed by atoms with E-state index in [-0.39, 0.29) is 5.91 Å². The quantitative estimate of drug-likeness (QED) is 0.696. The summed E-state index contributed by atoms with van der Waals surface area (Å²) in [5, 5.41) is 3.05. The van der Waals surface area contributed by atoms with Gasteiger partial charge in [0.05, 0.1) is 18.8 Å². The number of hydrogen-bond acceptors (Lipinski definition) is 3. The van der Waals surface area contributed by atoms with Crippen LogP contribution in [0.4, 0.5) is 0 Å². The molecule has 3 N–H and O–H groups in total. The number of nitrogens with one attached hydrogen (secondary N) is 1. The Morgan fingerprint density at radius 1 is 1.35 bits per heavy atom. The molecule has 0 aliphatic heterocycles. The topological polar surface area (TPSA) is 64.3 Å². The largest absolute Gasteiger partial charge is 0.375 e. The second kappa shape index (κ2) is 6.37. The summed E-state index contributed by atoms with van der Waals surface area (Å²) in [4.78, 5) is 11.0. The van der Waals surface area contributed by atoms with Crippen LogP contribution in [0.25, 0.3) is 0 Å². The second-order valence-corrected chi connectivity index (χ2v) is 4.45. The maximum atomic E-state index is 11.0.